The van der Waals surface area contributed by atoms with E-state index in [0.29, 0.717) is 22.2 Å². The first-order valence-corrected chi connectivity index (χ1v) is 7.38. The SMILES string of the molecule is O=C(Nc1ccc(Oc2cccc(Cl)c2)cc1)c1ccc(=O)[nH]n1. The minimum absolute atomic E-state index is 0.119. The van der Waals surface area contributed by atoms with Crippen molar-refractivity contribution in [2.24, 2.45) is 0 Å². The third-order valence-electron chi connectivity index (χ3n) is 3.06. The zero-order valence-electron chi connectivity index (χ0n) is 12.3. The van der Waals surface area contributed by atoms with E-state index < -0.39 is 5.91 Å². The van der Waals surface area contributed by atoms with Gasteiger partial charge in [-0.1, -0.05) is 17.7 Å². The van der Waals surface area contributed by atoms with Gasteiger partial charge in [-0.05, 0) is 48.5 Å². The predicted molar refractivity (Wildman–Crippen MR) is 90.8 cm³/mol. The van der Waals surface area contributed by atoms with Crippen molar-refractivity contribution in [1.29, 1.82) is 0 Å². The Bertz CT molecular complexity index is 902. The second-order valence-corrected chi connectivity index (χ2v) is 5.28. The van der Waals surface area contributed by atoms with Crippen LogP contribution in [0.1, 0.15) is 10.5 Å². The maximum atomic E-state index is 12.0. The zero-order valence-corrected chi connectivity index (χ0v) is 13.1. The molecule has 1 aromatic heterocycles. The molecule has 120 valence electrons. The highest BCUT2D eigenvalue weighted by atomic mass is 35.5. The first-order valence-electron chi connectivity index (χ1n) is 7.01. The number of nitrogens with zero attached hydrogens (tertiary/aromatic N) is 1. The summed E-state index contributed by atoms with van der Waals surface area (Å²) >= 11 is 5.91. The van der Waals surface area contributed by atoms with Gasteiger partial charge in [0.05, 0.1) is 0 Å². The molecule has 3 aromatic rings. The number of carbonyl (C=O) groups is 1. The first kappa shape index (κ1) is 15.8. The molecule has 3 rings (SSSR count). The quantitative estimate of drug-likeness (QED) is 0.761. The summed E-state index contributed by atoms with van der Waals surface area (Å²) in [6.45, 7) is 0. The maximum Gasteiger partial charge on any atom is 0.276 e. The number of hydrogen-bond acceptors (Lipinski definition) is 4. The van der Waals surface area contributed by atoms with Crippen molar-refractivity contribution in [3.8, 4) is 11.5 Å². The van der Waals surface area contributed by atoms with Gasteiger partial charge in [0.2, 0.25) is 0 Å². The number of H-pyrrole nitrogens is 1. The number of hydrogen-bond donors (Lipinski definition) is 2. The minimum atomic E-state index is -0.422. The van der Waals surface area contributed by atoms with Crippen LogP contribution >= 0.6 is 11.6 Å². The van der Waals surface area contributed by atoms with E-state index in [4.69, 9.17) is 16.3 Å². The molecular formula is C17H12ClN3O3. The van der Waals surface area contributed by atoms with Crippen LogP contribution in [0.25, 0.3) is 0 Å². The van der Waals surface area contributed by atoms with Crippen molar-refractivity contribution >= 4 is 23.2 Å². The molecule has 0 radical (unpaired) electrons. The molecule has 6 nitrogen and oxygen atoms in total. The molecule has 0 unspecified atom stereocenters. The molecular weight excluding hydrogens is 330 g/mol. The van der Waals surface area contributed by atoms with Crippen LogP contribution in [-0.4, -0.2) is 16.1 Å². The van der Waals surface area contributed by atoms with Crippen LogP contribution in [0, 0.1) is 0 Å². The number of rotatable bonds is 4. The van der Waals surface area contributed by atoms with Crippen LogP contribution in [-0.2, 0) is 0 Å². The Hall–Kier alpha value is -3.12. The van der Waals surface area contributed by atoms with Crippen molar-refractivity contribution in [2.45, 2.75) is 0 Å². The molecule has 0 saturated heterocycles. The summed E-state index contributed by atoms with van der Waals surface area (Å²) in [6.07, 6.45) is 0. The Morgan fingerprint density at radius 1 is 1.04 bits per heavy atom. The number of anilines is 1. The van der Waals surface area contributed by atoms with Crippen molar-refractivity contribution in [2.75, 3.05) is 5.32 Å². The van der Waals surface area contributed by atoms with Crippen molar-refractivity contribution in [3.05, 3.63) is 81.7 Å². The van der Waals surface area contributed by atoms with Crippen LogP contribution in [0.2, 0.25) is 5.02 Å². The average Bonchev–Trinajstić information content (AvgIpc) is 2.57. The third-order valence-corrected chi connectivity index (χ3v) is 3.29. The Labute approximate surface area is 142 Å². The molecule has 0 aliphatic rings. The number of ether oxygens (including phenoxy) is 1. The molecule has 0 atom stereocenters. The molecule has 24 heavy (non-hydrogen) atoms. The summed E-state index contributed by atoms with van der Waals surface area (Å²) in [6, 6.07) is 16.5. The molecule has 0 spiro atoms. The van der Waals surface area contributed by atoms with E-state index in [1.54, 1.807) is 48.5 Å². The molecule has 7 heteroatoms. The summed E-state index contributed by atoms with van der Waals surface area (Å²) in [7, 11) is 0. The van der Waals surface area contributed by atoms with Gasteiger partial charge in [-0.2, -0.15) is 5.10 Å². The predicted octanol–water partition coefficient (Wildman–Crippen LogP) is 3.47. The van der Waals surface area contributed by atoms with Crippen LogP contribution in [0.3, 0.4) is 0 Å². The highest BCUT2D eigenvalue weighted by molar-refractivity contribution is 6.30. The summed E-state index contributed by atoms with van der Waals surface area (Å²) in [4.78, 5) is 22.9. The van der Waals surface area contributed by atoms with E-state index in [9.17, 15) is 9.59 Å². The molecule has 0 aliphatic carbocycles. The van der Waals surface area contributed by atoms with Gasteiger partial charge in [0.1, 0.15) is 17.2 Å². The van der Waals surface area contributed by atoms with Crippen molar-refractivity contribution in [1.82, 2.24) is 10.2 Å². The Kier molecular flexibility index (Phi) is 4.58. The number of aromatic nitrogens is 2. The topological polar surface area (TPSA) is 84.1 Å². The van der Waals surface area contributed by atoms with Crippen molar-refractivity contribution < 1.29 is 9.53 Å². The normalized spacial score (nSPS) is 10.2. The number of benzene rings is 2. The molecule has 1 amide bonds. The lowest BCUT2D eigenvalue weighted by Gasteiger charge is -2.08. The number of carbonyl (C=O) groups excluding carboxylic acids is 1. The van der Waals surface area contributed by atoms with Gasteiger partial charge in [0, 0.05) is 16.8 Å². The first-order chi connectivity index (χ1) is 11.6. The molecule has 0 fully saturated rings. The highest BCUT2D eigenvalue weighted by Gasteiger charge is 2.08. The van der Waals surface area contributed by atoms with E-state index in [2.05, 4.69) is 15.5 Å². The van der Waals surface area contributed by atoms with Crippen molar-refractivity contribution in [3.63, 3.8) is 0 Å². The largest absolute Gasteiger partial charge is 0.457 e. The number of aromatic amines is 1. The Morgan fingerprint density at radius 3 is 2.50 bits per heavy atom. The van der Waals surface area contributed by atoms with Crippen LogP contribution in [0.5, 0.6) is 11.5 Å². The van der Waals surface area contributed by atoms with Gasteiger partial charge in [-0.15, -0.1) is 0 Å². The fourth-order valence-electron chi connectivity index (χ4n) is 1.94. The molecule has 0 aliphatic heterocycles. The summed E-state index contributed by atoms with van der Waals surface area (Å²) in [5.41, 5.74) is 0.328. The number of halogens is 1. The van der Waals surface area contributed by atoms with Crippen LogP contribution < -0.4 is 15.6 Å². The smallest absolute Gasteiger partial charge is 0.276 e. The van der Waals surface area contributed by atoms with E-state index in [1.807, 2.05) is 0 Å². The van der Waals surface area contributed by atoms with Gasteiger partial charge in [-0.25, -0.2) is 5.10 Å². The Morgan fingerprint density at radius 2 is 1.83 bits per heavy atom. The average molecular weight is 342 g/mol. The highest BCUT2D eigenvalue weighted by Crippen LogP contribution is 2.25. The van der Waals surface area contributed by atoms with Gasteiger partial charge >= 0.3 is 0 Å². The van der Waals surface area contributed by atoms with Gasteiger partial charge in [0.25, 0.3) is 11.5 Å². The lowest BCUT2D eigenvalue weighted by molar-refractivity contribution is 0.102. The van der Waals surface area contributed by atoms with E-state index in [0.717, 1.165) is 0 Å². The van der Waals surface area contributed by atoms with E-state index in [-0.39, 0.29) is 11.3 Å². The second kappa shape index (κ2) is 6.97. The summed E-state index contributed by atoms with van der Waals surface area (Å²) in [5, 5.41) is 9.15. The zero-order chi connectivity index (χ0) is 16.9. The molecule has 2 N–H and O–H groups in total. The fraction of sp³-hybridized carbons (Fsp3) is 0. The molecule has 0 saturated carbocycles. The van der Waals surface area contributed by atoms with E-state index in [1.165, 1.54) is 12.1 Å². The summed E-state index contributed by atoms with van der Waals surface area (Å²) < 4.78 is 5.67. The third kappa shape index (κ3) is 3.99. The number of amides is 1. The van der Waals surface area contributed by atoms with Crippen LogP contribution in [0.15, 0.2) is 65.5 Å². The summed E-state index contributed by atoms with van der Waals surface area (Å²) in [5.74, 6) is 0.809. The maximum absolute atomic E-state index is 12.0. The lowest BCUT2D eigenvalue weighted by atomic mass is 10.3. The molecule has 2 aromatic carbocycles. The van der Waals surface area contributed by atoms with E-state index >= 15 is 0 Å². The van der Waals surface area contributed by atoms with Gasteiger partial charge < -0.3 is 10.1 Å². The second-order valence-electron chi connectivity index (χ2n) is 4.84. The molecule has 0 bridgehead atoms. The minimum Gasteiger partial charge on any atom is -0.457 e. The standard InChI is InChI=1S/C17H12ClN3O3/c18-11-2-1-3-14(10-11)24-13-6-4-12(5-7-13)19-17(23)15-8-9-16(22)21-20-15/h1-10H,(H,19,23)(H,21,22). The van der Waals surface area contributed by atoms with Gasteiger partial charge in [-0.3, -0.25) is 9.59 Å². The Balaban J connectivity index is 1.67. The van der Waals surface area contributed by atoms with Crippen LogP contribution in [0.4, 0.5) is 5.69 Å². The molecule has 1 heterocycles. The lowest BCUT2D eigenvalue weighted by Crippen LogP contribution is -2.17. The monoisotopic (exact) mass is 341 g/mol. The van der Waals surface area contributed by atoms with Gasteiger partial charge in [0.15, 0.2) is 0 Å². The number of nitrogens with one attached hydrogen (secondary N) is 2. The fourth-order valence-corrected chi connectivity index (χ4v) is 2.12.